The number of halogens is 1. The average molecular weight is 483 g/mol. The number of para-hydroxylation sites is 1. The minimum absolute atomic E-state index is 0.0512. The Kier molecular flexibility index (Phi) is 8.11. The minimum Gasteiger partial charge on any atom is -0.456 e. The van der Waals surface area contributed by atoms with E-state index in [1.54, 1.807) is 36.0 Å². The summed E-state index contributed by atoms with van der Waals surface area (Å²) in [5.41, 5.74) is 1.23. The Morgan fingerprint density at radius 3 is 2.38 bits per heavy atom. The molecule has 2 aromatic carbocycles. The van der Waals surface area contributed by atoms with E-state index in [1.165, 1.54) is 0 Å². The summed E-state index contributed by atoms with van der Waals surface area (Å²) < 4.78 is 5.82. The molecule has 1 N–H and O–H groups in total. The van der Waals surface area contributed by atoms with Crippen LogP contribution in [0.5, 0.6) is 0 Å². The molecule has 0 aliphatic carbocycles. The first kappa shape index (κ1) is 20.4. The molecule has 0 unspecified atom stereocenters. The van der Waals surface area contributed by atoms with E-state index in [0.29, 0.717) is 11.3 Å². The molecule has 0 bridgehead atoms. The number of carbonyl (C=O) groups is 3. The van der Waals surface area contributed by atoms with Gasteiger partial charge in [-0.15, -0.1) is 11.8 Å². The van der Waals surface area contributed by atoms with Crippen LogP contribution in [0.4, 0.5) is 5.69 Å². The maximum absolute atomic E-state index is 12.1. The van der Waals surface area contributed by atoms with Gasteiger partial charge >= 0.3 is 5.97 Å². The van der Waals surface area contributed by atoms with Gasteiger partial charge in [-0.1, -0.05) is 24.3 Å². The first-order valence-electron chi connectivity index (χ1n) is 7.87. The lowest BCUT2D eigenvalue weighted by molar-refractivity contribution is -0.147. The number of anilines is 1. The number of amides is 1. The number of ketones is 1. The lowest BCUT2D eigenvalue weighted by Crippen LogP contribution is -2.21. The largest absolute Gasteiger partial charge is 0.456 e. The Balaban J connectivity index is 1.73. The van der Waals surface area contributed by atoms with Crippen molar-refractivity contribution in [1.82, 2.24) is 0 Å². The van der Waals surface area contributed by atoms with Crippen molar-refractivity contribution < 1.29 is 19.1 Å². The van der Waals surface area contributed by atoms with Crippen molar-refractivity contribution in [2.24, 2.45) is 0 Å². The molecule has 2 rings (SSSR count). The topological polar surface area (TPSA) is 72.5 Å². The van der Waals surface area contributed by atoms with E-state index in [2.05, 4.69) is 27.9 Å². The maximum Gasteiger partial charge on any atom is 0.306 e. The molecule has 136 valence electrons. The van der Waals surface area contributed by atoms with Crippen molar-refractivity contribution in [3.63, 3.8) is 0 Å². The second kappa shape index (κ2) is 10.3. The third-order valence-corrected chi connectivity index (χ3v) is 5.16. The van der Waals surface area contributed by atoms with Crippen LogP contribution in [0, 0.1) is 3.57 Å². The fourth-order valence-corrected chi connectivity index (χ4v) is 3.03. The van der Waals surface area contributed by atoms with Crippen molar-refractivity contribution in [2.45, 2.75) is 17.7 Å². The van der Waals surface area contributed by atoms with Crippen LogP contribution in [0.15, 0.2) is 53.4 Å². The quantitative estimate of drug-likeness (QED) is 0.264. The molecule has 0 saturated heterocycles. The molecular weight excluding hydrogens is 465 g/mol. The summed E-state index contributed by atoms with van der Waals surface area (Å²) >= 11 is 3.70. The Labute approximate surface area is 170 Å². The van der Waals surface area contributed by atoms with Crippen LogP contribution in [0.25, 0.3) is 0 Å². The number of thioether (sulfide) groups is 1. The molecule has 0 aliphatic rings. The number of esters is 1. The summed E-state index contributed by atoms with van der Waals surface area (Å²) in [5.74, 6) is -1.11. The van der Waals surface area contributed by atoms with Crippen LogP contribution in [0.3, 0.4) is 0 Å². The highest BCUT2D eigenvalue weighted by Crippen LogP contribution is 2.17. The van der Waals surface area contributed by atoms with Crippen molar-refractivity contribution in [3.8, 4) is 0 Å². The summed E-state index contributed by atoms with van der Waals surface area (Å²) in [6.07, 6.45) is 1.95. The fraction of sp³-hybridized carbons (Fsp3) is 0.211. The summed E-state index contributed by atoms with van der Waals surface area (Å²) in [5, 5.41) is 2.67. The number of Topliss-reactive ketones (excluding diaryl/α,β-unsaturated/α-hetero) is 1. The van der Waals surface area contributed by atoms with E-state index in [4.69, 9.17) is 4.74 Å². The normalized spacial score (nSPS) is 10.2. The van der Waals surface area contributed by atoms with Gasteiger partial charge in [-0.3, -0.25) is 14.4 Å². The molecule has 5 nitrogen and oxygen atoms in total. The summed E-state index contributed by atoms with van der Waals surface area (Å²) in [6.45, 7) is -0.375. The van der Waals surface area contributed by atoms with E-state index in [-0.39, 0.29) is 25.2 Å². The van der Waals surface area contributed by atoms with Gasteiger partial charge in [0.2, 0.25) is 0 Å². The molecule has 0 aliphatic heterocycles. The first-order chi connectivity index (χ1) is 12.5. The van der Waals surface area contributed by atoms with E-state index >= 15 is 0 Å². The lowest BCUT2D eigenvalue weighted by Gasteiger charge is -2.08. The first-order valence-corrected chi connectivity index (χ1v) is 10.2. The van der Waals surface area contributed by atoms with Crippen molar-refractivity contribution in [3.05, 3.63) is 57.7 Å². The van der Waals surface area contributed by atoms with E-state index in [1.807, 2.05) is 30.5 Å². The Bertz CT molecular complexity index is 792. The number of carbonyl (C=O) groups excluding carboxylic acids is 3. The molecular formula is C19H18INO4S. The van der Waals surface area contributed by atoms with Crippen LogP contribution in [-0.4, -0.2) is 30.5 Å². The summed E-state index contributed by atoms with van der Waals surface area (Å²) in [6, 6.07) is 14.5. The van der Waals surface area contributed by atoms with Gasteiger partial charge < -0.3 is 10.1 Å². The average Bonchev–Trinajstić information content (AvgIpc) is 2.66. The van der Waals surface area contributed by atoms with Crippen LogP contribution >= 0.6 is 34.4 Å². The zero-order valence-corrected chi connectivity index (χ0v) is 17.1. The van der Waals surface area contributed by atoms with Gasteiger partial charge in [0, 0.05) is 20.4 Å². The Morgan fingerprint density at radius 2 is 1.73 bits per heavy atom. The van der Waals surface area contributed by atoms with Gasteiger partial charge in [-0.2, -0.15) is 0 Å². The monoisotopic (exact) mass is 483 g/mol. The van der Waals surface area contributed by atoms with E-state index < -0.39 is 11.9 Å². The summed E-state index contributed by atoms with van der Waals surface area (Å²) in [7, 11) is 0. The molecule has 0 spiro atoms. The second-order valence-electron chi connectivity index (χ2n) is 5.34. The highest BCUT2D eigenvalue weighted by Gasteiger charge is 2.12. The van der Waals surface area contributed by atoms with Crippen molar-refractivity contribution >= 4 is 57.7 Å². The second-order valence-corrected chi connectivity index (χ2v) is 7.38. The van der Waals surface area contributed by atoms with Crippen molar-refractivity contribution in [2.75, 3.05) is 18.2 Å². The van der Waals surface area contributed by atoms with Gasteiger partial charge in [-0.05, 0) is 53.1 Å². The summed E-state index contributed by atoms with van der Waals surface area (Å²) in [4.78, 5) is 36.7. The molecule has 0 aromatic heterocycles. The number of ether oxygens (including phenoxy) is 1. The molecule has 0 heterocycles. The number of benzene rings is 2. The third kappa shape index (κ3) is 6.45. The van der Waals surface area contributed by atoms with Crippen LogP contribution in [0.1, 0.15) is 23.2 Å². The third-order valence-electron chi connectivity index (χ3n) is 3.48. The van der Waals surface area contributed by atoms with Gasteiger partial charge in [0.05, 0.1) is 12.1 Å². The van der Waals surface area contributed by atoms with Gasteiger partial charge in [-0.25, -0.2) is 0 Å². The molecule has 2 aromatic rings. The van der Waals surface area contributed by atoms with Crippen LogP contribution < -0.4 is 5.32 Å². The zero-order valence-electron chi connectivity index (χ0n) is 14.2. The molecule has 7 heteroatoms. The molecule has 0 saturated carbocycles. The van der Waals surface area contributed by atoms with Gasteiger partial charge in [0.1, 0.15) is 0 Å². The number of hydrogen-bond acceptors (Lipinski definition) is 5. The fourth-order valence-electron chi connectivity index (χ4n) is 2.10. The predicted molar refractivity (Wildman–Crippen MR) is 111 cm³/mol. The Morgan fingerprint density at radius 1 is 1.04 bits per heavy atom. The molecule has 1 amide bonds. The molecule has 0 atom stereocenters. The van der Waals surface area contributed by atoms with Crippen LogP contribution in [-0.2, 0) is 14.3 Å². The number of rotatable bonds is 8. The Hall–Kier alpha value is -1.87. The van der Waals surface area contributed by atoms with Crippen LogP contribution in [0.2, 0.25) is 0 Å². The number of hydrogen-bond donors (Lipinski definition) is 1. The SMILES string of the molecule is CSc1ccc(C(=O)CCC(=O)OCC(=O)Nc2ccccc2I)cc1. The molecule has 26 heavy (non-hydrogen) atoms. The van der Waals surface area contributed by atoms with Gasteiger partial charge in [0.15, 0.2) is 12.4 Å². The zero-order chi connectivity index (χ0) is 18.9. The number of nitrogens with one attached hydrogen (secondary N) is 1. The molecule has 0 fully saturated rings. The highest BCUT2D eigenvalue weighted by molar-refractivity contribution is 14.1. The van der Waals surface area contributed by atoms with Gasteiger partial charge in [0.25, 0.3) is 5.91 Å². The standard InChI is InChI=1S/C19H18INO4S/c1-26-14-8-6-13(7-9-14)17(22)10-11-19(24)25-12-18(23)21-16-5-3-2-4-15(16)20/h2-9H,10-12H2,1H3,(H,21,23). The maximum atomic E-state index is 12.1. The predicted octanol–water partition coefficient (Wildman–Crippen LogP) is 4.16. The highest BCUT2D eigenvalue weighted by atomic mass is 127. The lowest BCUT2D eigenvalue weighted by atomic mass is 10.1. The smallest absolute Gasteiger partial charge is 0.306 e. The van der Waals surface area contributed by atoms with Crippen molar-refractivity contribution in [1.29, 1.82) is 0 Å². The van der Waals surface area contributed by atoms with E-state index in [9.17, 15) is 14.4 Å². The van der Waals surface area contributed by atoms with E-state index in [0.717, 1.165) is 8.47 Å². The minimum atomic E-state index is -0.572. The molecule has 0 radical (unpaired) electrons.